The zero-order valence-corrected chi connectivity index (χ0v) is 24.0. The minimum absolute atomic E-state index is 0.0588. The fraction of sp³-hybridized carbons (Fsp3) is 0.933. The number of hydrazine groups is 1. The van der Waals surface area contributed by atoms with Crippen molar-refractivity contribution in [2.45, 2.75) is 102 Å². The maximum Gasteiger partial charge on any atom is 0.306 e. The smallest absolute Gasteiger partial charge is 0.306 e. The minimum atomic E-state index is -0.665. The van der Waals surface area contributed by atoms with Crippen molar-refractivity contribution in [3.8, 4) is 0 Å². The van der Waals surface area contributed by atoms with E-state index in [1.54, 1.807) is 4.90 Å². The normalized spacial score (nSPS) is 40.3. The number of hydrogen-bond donors (Lipinski definition) is 5. The third-order valence-electron chi connectivity index (χ3n) is 10.8. The van der Waals surface area contributed by atoms with Crippen LogP contribution in [0.2, 0.25) is 0 Å². The van der Waals surface area contributed by atoms with E-state index >= 15 is 0 Å². The molecule has 2 heterocycles. The number of carboxylic acids is 1. The van der Waals surface area contributed by atoms with Crippen molar-refractivity contribution < 1.29 is 29.1 Å². The van der Waals surface area contributed by atoms with E-state index in [4.69, 9.17) is 9.47 Å². The number of ether oxygens (including phenoxy) is 2. The molecule has 5 rings (SSSR count). The predicted molar refractivity (Wildman–Crippen MR) is 148 cm³/mol. The molecule has 3 aliphatic carbocycles. The van der Waals surface area contributed by atoms with Gasteiger partial charge in [0.1, 0.15) is 19.6 Å². The highest BCUT2D eigenvalue weighted by Crippen LogP contribution is 2.44. The van der Waals surface area contributed by atoms with Crippen LogP contribution in [0.5, 0.6) is 0 Å². The monoisotopic (exact) mass is 549 g/mol. The molecule has 0 aromatic carbocycles. The number of quaternary nitrogens is 1. The lowest BCUT2D eigenvalue weighted by Crippen LogP contribution is -3.14. The second-order valence-corrected chi connectivity index (χ2v) is 13.2. The van der Waals surface area contributed by atoms with Crippen molar-refractivity contribution in [1.82, 2.24) is 16.2 Å². The van der Waals surface area contributed by atoms with Gasteiger partial charge in [-0.3, -0.25) is 15.0 Å². The molecule has 1 amide bonds. The average molecular weight is 550 g/mol. The molecule has 9 heteroatoms. The van der Waals surface area contributed by atoms with Crippen LogP contribution in [-0.2, 0) is 19.1 Å². The van der Waals surface area contributed by atoms with Crippen molar-refractivity contribution in [3.63, 3.8) is 0 Å². The molecule has 3 saturated carbocycles. The van der Waals surface area contributed by atoms with E-state index in [2.05, 4.69) is 23.1 Å². The van der Waals surface area contributed by atoms with Crippen LogP contribution in [0, 0.1) is 35.5 Å². The van der Waals surface area contributed by atoms with Crippen molar-refractivity contribution in [1.29, 1.82) is 0 Å². The van der Waals surface area contributed by atoms with Crippen LogP contribution in [-0.4, -0.2) is 74.7 Å². The molecular formula is C30H53N4O5+. The van der Waals surface area contributed by atoms with Crippen LogP contribution in [0.25, 0.3) is 0 Å². The van der Waals surface area contributed by atoms with Crippen LogP contribution in [0.3, 0.4) is 0 Å². The molecule has 0 aromatic rings. The first-order valence-electron chi connectivity index (χ1n) is 16.1. The zero-order valence-electron chi connectivity index (χ0n) is 24.0. The van der Waals surface area contributed by atoms with Gasteiger partial charge in [0, 0.05) is 12.0 Å². The van der Waals surface area contributed by atoms with Crippen LogP contribution in [0.15, 0.2) is 0 Å². The number of nitrogens with one attached hydrogen (secondary N) is 4. The van der Waals surface area contributed by atoms with Gasteiger partial charge in [-0.2, -0.15) is 0 Å². The Balaban J connectivity index is 1.07. The molecule has 9 nitrogen and oxygen atoms in total. The molecule has 0 radical (unpaired) electrons. The number of rotatable bonds is 9. The molecule has 0 bridgehead atoms. The summed E-state index contributed by atoms with van der Waals surface area (Å²) in [5, 5.41) is 13.2. The summed E-state index contributed by atoms with van der Waals surface area (Å²) in [6.07, 6.45) is 12.5. The number of hydrogen-bond acceptors (Lipinski definition) is 6. The fourth-order valence-corrected chi connectivity index (χ4v) is 8.53. The molecule has 39 heavy (non-hydrogen) atoms. The van der Waals surface area contributed by atoms with Gasteiger partial charge in [-0.1, -0.05) is 32.6 Å². The van der Waals surface area contributed by atoms with Crippen molar-refractivity contribution >= 4 is 11.9 Å². The first-order chi connectivity index (χ1) is 19.0. The summed E-state index contributed by atoms with van der Waals surface area (Å²) >= 11 is 0. The predicted octanol–water partition coefficient (Wildman–Crippen LogP) is 1.73. The molecule has 0 aromatic heterocycles. The van der Waals surface area contributed by atoms with E-state index in [-0.39, 0.29) is 35.7 Å². The maximum absolute atomic E-state index is 13.5. The van der Waals surface area contributed by atoms with Gasteiger partial charge < -0.3 is 24.8 Å². The Labute approximate surface area is 234 Å². The largest absolute Gasteiger partial charge is 0.481 e. The van der Waals surface area contributed by atoms with Crippen LogP contribution >= 0.6 is 0 Å². The Hall–Kier alpha value is -1.26. The highest BCUT2D eigenvalue weighted by molar-refractivity contribution is 5.79. The van der Waals surface area contributed by atoms with Gasteiger partial charge in [0.25, 0.3) is 0 Å². The third kappa shape index (κ3) is 7.53. The molecule has 222 valence electrons. The molecule has 9 atom stereocenters. The number of morpholine rings is 1. The van der Waals surface area contributed by atoms with E-state index in [9.17, 15) is 14.7 Å². The maximum atomic E-state index is 13.5. The van der Waals surface area contributed by atoms with Crippen molar-refractivity contribution in [2.75, 3.05) is 39.5 Å². The SMILES string of the molecule is CC1CC(C2CC(NC(=O)C3CCCCC3C3CCCCC3C(=O)O)NN2)CCC1OCC[NH+]1CCOCC1. The van der Waals surface area contributed by atoms with Gasteiger partial charge in [-0.25, -0.2) is 5.43 Å². The quantitative estimate of drug-likeness (QED) is 0.298. The summed E-state index contributed by atoms with van der Waals surface area (Å²) < 4.78 is 11.8. The summed E-state index contributed by atoms with van der Waals surface area (Å²) in [7, 11) is 0. The molecule has 5 fully saturated rings. The third-order valence-corrected chi connectivity index (χ3v) is 10.8. The zero-order chi connectivity index (χ0) is 27.2. The van der Waals surface area contributed by atoms with Gasteiger partial charge in [-0.05, 0) is 75.0 Å². The second-order valence-electron chi connectivity index (χ2n) is 13.2. The Morgan fingerprint density at radius 3 is 2.33 bits per heavy atom. The van der Waals surface area contributed by atoms with E-state index in [1.807, 2.05) is 0 Å². The lowest BCUT2D eigenvalue weighted by atomic mass is 9.64. The van der Waals surface area contributed by atoms with Crippen molar-refractivity contribution in [2.24, 2.45) is 35.5 Å². The molecule has 0 spiro atoms. The molecule has 5 N–H and O–H groups in total. The first-order valence-corrected chi connectivity index (χ1v) is 16.1. The van der Waals surface area contributed by atoms with E-state index in [0.29, 0.717) is 24.0 Å². The van der Waals surface area contributed by atoms with Crippen LogP contribution in [0.1, 0.15) is 84.0 Å². The summed E-state index contributed by atoms with van der Waals surface area (Å²) in [5.74, 6) is 0.588. The van der Waals surface area contributed by atoms with Gasteiger partial charge in [0.2, 0.25) is 5.91 Å². The van der Waals surface area contributed by atoms with Crippen molar-refractivity contribution in [3.05, 3.63) is 0 Å². The number of amides is 1. The number of carboxylic acid groups (broad SMARTS) is 1. The second kappa shape index (κ2) is 14.1. The Kier molecular flexibility index (Phi) is 10.6. The molecule has 2 aliphatic heterocycles. The Morgan fingerprint density at radius 1 is 0.923 bits per heavy atom. The first kappa shape index (κ1) is 29.2. The topological polar surface area (TPSA) is 113 Å². The highest BCUT2D eigenvalue weighted by Gasteiger charge is 2.44. The molecular weight excluding hydrogens is 496 g/mol. The standard InChI is InChI=1S/C30H52N4O5/c1-20-18-21(10-11-27(20)39-17-14-34-12-15-38-16-13-34)26-19-28(33-32-26)31-29(35)24-8-4-2-6-22(24)23-7-3-5-9-25(23)30(36)37/h20-28,32-33H,2-19H2,1H3,(H,31,35)(H,36,37)/p+1. The summed E-state index contributed by atoms with van der Waals surface area (Å²) in [6.45, 7) is 8.16. The lowest BCUT2D eigenvalue weighted by molar-refractivity contribution is -0.908. The highest BCUT2D eigenvalue weighted by atomic mass is 16.5. The van der Waals surface area contributed by atoms with Crippen LogP contribution in [0.4, 0.5) is 0 Å². The molecule has 2 saturated heterocycles. The number of carbonyl (C=O) groups excluding carboxylic acids is 1. The van der Waals surface area contributed by atoms with Gasteiger partial charge >= 0.3 is 5.97 Å². The van der Waals surface area contributed by atoms with Gasteiger partial charge in [0.15, 0.2) is 0 Å². The van der Waals surface area contributed by atoms with E-state index in [1.165, 1.54) is 0 Å². The van der Waals surface area contributed by atoms with Gasteiger partial charge in [-0.15, -0.1) is 0 Å². The Bertz CT molecular complexity index is 808. The van der Waals surface area contributed by atoms with E-state index < -0.39 is 5.97 Å². The van der Waals surface area contributed by atoms with Gasteiger partial charge in [0.05, 0.1) is 38.0 Å². The van der Waals surface area contributed by atoms with E-state index in [0.717, 1.165) is 117 Å². The number of carbonyl (C=O) groups is 2. The van der Waals surface area contributed by atoms with Crippen LogP contribution < -0.4 is 21.1 Å². The molecule has 9 unspecified atom stereocenters. The summed E-state index contributed by atoms with van der Waals surface area (Å²) in [5.41, 5.74) is 6.88. The summed E-state index contributed by atoms with van der Waals surface area (Å²) in [4.78, 5) is 27.1. The average Bonchev–Trinajstić information content (AvgIpc) is 3.43. The minimum Gasteiger partial charge on any atom is -0.481 e. The summed E-state index contributed by atoms with van der Waals surface area (Å²) in [6, 6.07) is 0.355. The lowest BCUT2D eigenvalue weighted by Gasteiger charge is -2.41. The Morgan fingerprint density at radius 2 is 1.62 bits per heavy atom. The molecule has 5 aliphatic rings. The number of aliphatic carboxylic acids is 1. The fourth-order valence-electron chi connectivity index (χ4n) is 8.53.